The molecule has 2 nitrogen and oxygen atoms in total. The lowest BCUT2D eigenvalue weighted by Crippen LogP contribution is -2.45. The highest BCUT2D eigenvalue weighted by molar-refractivity contribution is 6.48. The van der Waals surface area contributed by atoms with Crippen LogP contribution in [-0.2, 0) is 0 Å². The minimum atomic E-state index is 0.169. The molecule has 0 saturated carbocycles. The molecule has 1 aromatic rings. The summed E-state index contributed by atoms with van der Waals surface area (Å²) in [7, 11) is 0. The maximum absolute atomic E-state index is 6.31. The van der Waals surface area contributed by atoms with Crippen molar-refractivity contribution in [3.63, 3.8) is 0 Å². The molecule has 5 heteroatoms. The molecule has 1 aliphatic heterocycles. The van der Waals surface area contributed by atoms with Gasteiger partial charge < -0.3 is 10.2 Å². The first-order valence-corrected chi connectivity index (χ1v) is 8.67. The molecule has 1 aromatic carbocycles. The molecular weight excluding hydrogens is 327 g/mol. The van der Waals surface area contributed by atoms with E-state index in [-0.39, 0.29) is 6.04 Å². The van der Waals surface area contributed by atoms with Gasteiger partial charge in [0.1, 0.15) is 0 Å². The third kappa shape index (κ3) is 4.27. The highest BCUT2D eigenvalue weighted by Crippen LogP contribution is 2.35. The fourth-order valence-electron chi connectivity index (χ4n) is 2.90. The van der Waals surface area contributed by atoms with E-state index in [4.69, 9.17) is 34.8 Å². The van der Waals surface area contributed by atoms with Gasteiger partial charge in [0.25, 0.3) is 0 Å². The zero-order valence-corrected chi connectivity index (χ0v) is 15.1. The quantitative estimate of drug-likeness (QED) is 0.754. The van der Waals surface area contributed by atoms with E-state index in [0.29, 0.717) is 27.2 Å². The predicted octanol–water partition coefficient (Wildman–Crippen LogP) is 5.17. The molecule has 0 radical (unpaired) electrons. The van der Waals surface area contributed by atoms with Crippen molar-refractivity contribution in [1.82, 2.24) is 10.2 Å². The molecule has 2 rings (SSSR count). The molecule has 0 aliphatic carbocycles. The second kappa shape index (κ2) is 7.52. The second-order valence-corrected chi connectivity index (χ2v) is 7.22. The minimum Gasteiger partial charge on any atom is -0.307 e. The first kappa shape index (κ1) is 17.4. The Balaban J connectivity index is 1.97. The van der Waals surface area contributed by atoms with Crippen LogP contribution in [0.5, 0.6) is 0 Å². The summed E-state index contributed by atoms with van der Waals surface area (Å²) in [4.78, 5) is 2.52. The lowest BCUT2D eigenvalue weighted by molar-refractivity contribution is 0.157. The molecule has 0 bridgehead atoms. The van der Waals surface area contributed by atoms with Crippen molar-refractivity contribution < 1.29 is 0 Å². The number of likely N-dealkylation sites (tertiary alicyclic amines) is 1. The van der Waals surface area contributed by atoms with Gasteiger partial charge in [-0.25, -0.2) is 0 Å². The van der Waals surface area contributed by atoms with Crippen LogP contribution in [-0.4, -0.2) is 30.1 Å². The number of hydrogen-bond acceptors (Lipinski definition) is 2. The van der Waals surface area contributed by atoms with Crippen LogP contribution in [0.15, 0.2) is 12.1 Å². The smallest absolute Gasteiger partial charge is 0.0781 e. The number of hydrogen-bond donors (Lipinski definition) is 1. The Kier molecular flexibility index (Phi) is 6.22. The highest BCUT2D eigenvalue weighted by Gasteiger charge is 2.23. The van der Waals surface area contributed by atoms with Gasteiger partial charge in [-0.3, -0.25) is 0 Å². The van der Waals surface area contributed by atoms with Crippen molar-refractivity contribution in [3.8, 4) is 0 Å². The predicted molar refractivity (Wildman–Crippen MR) is 92.8 cm³/mol. The zero-order chi connectivity index (χ0) is 15.6. The average Bonchev–Trinajstić information content (AvgIpc) is 2.45. The molecule has 118 valence electrons. The lowest BCUT2D eigenvalue weighted by atomic mass is 10.0. The van der Waals surface area contributed by atoms with Gasteiger partial charge in [-0.15, -0.1) is 0 Å². The molecular formula is C16H23Cl3N2. The summed E-state index contributed by atoms with van der Waals surface area (Å²) in [6, 6.07) is 5.10. The Morgan fingerprint density at radius 2 is 1.67 bits per heavy atom. The van der Waals surface area contributed by atoms with Crippen LogP contribution in [0.4, 0.5) is 0 Å². The Morgan fingerprint density at radius 1 is 1.05 bits per heavy atom. The van der Waals surface area contributed by atoms with Crippen LogP contribution >= 0.6 is 34.8 Å². The fraction of sp³-hybridized carbons (Fsp3) is 0.625. The maximum atomic E-state index is 6.31. The Bertz CT molecular complexity index is 483. The van der Waals surface area contributed by atoms with E-state index in [1.54, 1.807) is 0 Å². The van der Waals surface area contributed by atoms with E-state index in [0.717, 1.165) is 18.7 Å². The van der Waals surface area contributed by atoms with Crippen molar-refractivity contribution >= 4 is 34.8 Å². The maximum Gasteiger partial charge on any atom is 0.0781 e. The Hall–Kier alpha value is 0.01000. The monoisotopic (exact) mass is 348 g/mol. The van der Waals surface area contributed by atoms with Crippen molar-refractivity contribution in [1.29, 1.82) is 0 Å². The van der Waals surface area contributed by atoms with E-state index < -0.39 is 0 Å². The van der Waals surface area contributed by atoms with Crippen molar-refractivity contribution in [2.24, 2.45) is 0 Å². The topological polar surface area (TPSA) is 15.3 Å². The molecule has 1 N–H and O–H groups in total. The van der Waals surface area contributed by atoms with E-state index >= 15 is 0 Å². The number of benzene rings is 1. The van der Waals surface area contributed by atoms with E-state index in [2.05, 4.69) is 31.0 Å². The highest BCUT2D eigenvalue weighted by atomic mass is 35.5. The first-order valence-electron chi connectivity index (χ1n) is 7.53. The van der Waals surface area contributed by atoms with Crippen LogP contribution in [0, 0.1) is 0 Å². The molecule has 0 spiro atoms. The fourth-order valence-corrected chi connectivity index (χ4v) is 3.61. The normalized spacial score (nSPS) is 19.2. The summed E-state index contributed by atoms with van der Waals surface area (Å²) in [5.74, 6) is 0. The summed E-state index contributed by atoms with van der Waals surface area (Å²) < 4.78 is 0. The largest absolute Gasteiger partial charge is 0.307 e. The first-order chi connectivity index (χ1) is 9.90. The van der Waals surface area contributed by atoms with Crippen molar-refractivity contribution in [3.05, 3.63) is 32.8 Å². The number of nitrogens with zero attached hydrogens (tertiary/aromatic N) is 1. The van der Waals surface area contributed by atoms with Crippen LogP contribution in [0.2, 0.25) is 15.1 Å². The minimum absolute atomic E-state index is 0.169. The summed E-state index contributed by atoms with van der Waals surface area (Å²) in [6.07, 6.45) is 2.34. The third-order valence-electron chi connectivity index (χ3n) is 4.28. The van der Waals surface area contributed by atoms with Gasteiger partial charge in [-0.05, 0) is 58.3 Å². The lowest BCUT2D eigenvalue weighted by Gasteiger charge is -2.36. The van der Waals surface area contributed by atoms with E-state index in [1.165, 1.54) is 12.8 Å². The Morgan fingerprint density at radius 3 is 2.24 bits per heavy atom. The summed E-state index contributed by atoms with van der Waals surface area (Å²) in [6.45, 7) is 8.94. The molecule has 1 fully saturated rings. The van der Waals surface area contributed by atoms with E-state index in [9.17, 15) is 0 Å². The van der Waals surface area contributed by atoms with Gasteiger partial charge in [-0.2, -0.15) is 0 Å². The number of nitrogens with one attached hydrogen (secondary N) is 1. The van der Waals surface area contributed by atoms with E-state index in [1.807, 2.05) is 12.1 Å². The Labute approximate surface area is 142 Å². The van der Waals surface area contributed by atoms with Crippen LogP contribution < -0.4 is 5.32 Å². The molecule has 1 saturated heterocycles. The van der Waals surface area contributed by atoms with Crippen molar-refractivity contribution in [2.75, 3.05) is 13.1 Å². The van der Waals surface area contributed by atoms with Crippen LogP contribution in [0.1, 0.15) is 45.2 Å². The molecule has 21 heavy (non-hydrogen) atoms. The molecule has 1 unspecified atom stereocenters. The van der Waals surface area contributed by atoms with Gasteiger partial charge in [0.15, 0.2) is 0 Å². The van der Waals surface area contributed by atoms with Crippen LogP contribution in [0.25, 0.3) is 0 Å². The summed E-state index contributed by atoms with van der Waals surface area (Å²) in [5.41, 5.74) is 1.01. The molecule has 0 aromatic heterocycles. The second-order valence-electron chi connectivity index (χ2n) is 6.06. The molecule has 1 atom stereocenters. The molecule has 1 heterocycles. The van der Waals surface area contributed by atoms with Crippen molar-refractivity contribution in [2.45, 2.75) is 51.7 Å². The van der Waals surface area contributed by atoms with Crippen LogP contribution in [0.3, 0.4) is 0 Å². The van der Waals surface area contributed by atoms with Gasteiger partial charge in [0.05, 0.1) is 15.1 Å². The average molecular weight is 350 g/mol. The van der Waals surface area contributed by atoms with Gasteiger partial charge in [0, 0.05) is 18.1 Å². The summed E-state index contributed by atoms with van der Waals surface area (Å²) >= 11 is 18.4. The third-order valence-corrected chi connectivity index (χ3v) is 5.59. The molecule has 0 amide bonds. The SMILES string of the molecule is CC(NC1CCN(C(C)C)CC1)c1ccc(Cl)c(Cl)c1Cl. The standard InChI is InChI=1S/C16H23Cl3N2/c1-10(2)21-8-6-12(7-9-21)20-11(3)13-4-5-14(17)16(19)15(13)18/h4-5,10-12,20H,6-9H2,1-3H3. The number of rotatable bonds is 4. The number of piperidine rings is 1. The zero-order valence-electron chi connectivity index (χ0n) is 12.8. The van der Waals surface area contributed by atoms with Gasteiger partial charge in [0.2, 0.25) is 0 Å². The van der Waals surface area contributed by atoms with Gasteiger partial charge in [-0.1, -0.05) is 40.9 Å². The number of halogens is 3. The summed E-state index contributed by atoms with van der Waals surface area (Å²) in [5, 5.41) is 5.17. The molecule has 1 aliphatic rings. The van der Waals surface area contributed by atoms with Gasteiger partial charge >= 0.3 is 0 Å².